The summed E-state index contributed by atoms with van der Waals surface area (Å²) in [4.78, 5) is 33.3. The summed E-state index contributed by atoms with van der Waals surface area (Å²) in [7, 11) is 0. The zero-order valence-corrected chi connectivity index (χ0v) is 19.8. The van der Waals surface area contributed by atoms with Crippen LogP contribution in [0.25, 0.3) is 0 Å². The van der Waals surface area contributed by atoms with E-state index in [1.54, 1.807) is 11.8 Å². The average Bonchev–Trinajstić information content (AvgIpc) is 2.79. The number of pyridine rings is 2. The molecule has 2 atom stereocenters. The van der Waals surface area contributed by atoms with E-state index in [-0.39, 0.29) is 34.6 Å². The SMILES string of the molecule is C[C@H](NC(=O)O)[C@@H](Nc1nc(Nc2cnc(N3CCOCC3)c(F)c2)c(C(N)=O)cc1F)C1CCC1. The number of hydrogen-bond donors (Lipinski definition) is 5. The molecule has 0 bridgehead atoms. The molecule has 1 aliphatic heterocycles. The molecule has 11 nitrogen and oxygen atoms in total. The first-order valence-corrected chi connectivity index (χ1v) is 11.7. The van der Waals surface area contributed by atoms with E-state index in [0.29, 0.717) is 26.3 Å². The fourth-order valence-electron chi connectivity index (χ4n) is 4.41. The lowest BCUT2D eigenvalue weighted by molar-refractivity contribution is 0.1000. The average molecular weight is 506 g/mol. The standard InChI is InChI=1S/C23H29F2N7O4/c1-12(28-23(34)35)18(13-3-2-4-13)30-21-16(24)10-15(19(26)33)20(31-21)29-14-9-17(25)22(27-11-14)32-5-7-36-8-6-32/h9-13,18,28H,2-8H2,1H3,(H2,26,33)(H,34,35)(H2,29,30,31)/t12-,18+/m0/s1. The summed E-state index contributed by atoms with van der Waals surface area (Å²) < 4.78 is 35.0. The van der Waals surface area contributed by atoms with Crippen molar-refractivity contribution in [2.75, 3.05) is 41.8 Å². The van der Waals surface area contributed by atoms with Gasteiger partial charge in [0.15, 0.2) is 23.3 Å². The number of amides is 2. The maximum Gasteiger partial charge on any atom is 0.404 e. The number of rotatable bonds is 9. The van der Waals surface area contributed by atoms with Crippen molar-refractivity contribution in [3.63, 3.8) is 0 Å². The number of nitrogens with zero attached hydrogens (tertiary/aromatic N) is 3. The molecule has 13 heteroatoms. The van der Waals surface area contributed by atoms with Crippen LogP contribution in [-0.2, 0) is 4.74 Å². The van der Waals surface area contributed by atoms with Crippen molar-refractivity contribution in [1.29, 1.82) is 0 Å². The van der Waals surface area contributed by atoms with Gasteiger partial charge in [-0.25, -0.2) is 23.5 Å². The number of nitrogens with one attached hydrogen (secondary N) is 3. The van der Waals surface area contributed by atoms with Gasteiger partial charge in [0.1, 0.15) is 5.82 Å². The van der Waals surface area contributed by atoms with E-state index < -0.39 is 35.7 Å². The molecule has 1 saturated carbocycles. The third kappa shape index (κ3) is 5.73. The Hall–Kier alpha value is -3.74. The number of carbonyl (C=O) groups excluding carboxylic acids is 1. The van der Waals surface area contributed by atoms with Gasteiger partial charge in [-0.15, -0.1) is 0 Å². The minimum Gasteiger partial charge on any atom is -0.465 e. The Morgan fingerprint density at radius 1 is 1.19 bits per heavy atom. The Balaban J connectivity index is 1.60. The lowest BCUT2D eigenvalue weighted by Crippen LogP contribution is -2.50. The van der Waals surface area contributed by atoms with Crippen LogP contribution in [-0.4, -0.2) is 65.5 Å². The normalized spacial score (nSPS) is 17.6. The molecular weight excluding hydrogens is 476 g/mol. The molecule has 3 heterocycles. The minimum atomic E-state index is -1.19. The van der Waals surface area contributed by atoms with Crippen molar-refractivity contribution >= 4 is 35.1 Å². The molecule has 1 saturated heterocycles. The number of morpholine rings is 1. The van der Waals surface area contributed by atoms with Crippen molar-refractivity contribution in [1.82, 2.24) is 15.3 Å². The molecule has 0 unspecified atom stereocenters. The molecular formula is C23H29F2N7O4. The van der Waals surface area contributed by atoms with Crippen LogP contribution in [0, 0.1) is 17.6 Å². The van der Waals surface area contributed by atoms with E-state index >= 15 is 0 Å². The summed E-state index contributed by atoms with van der Waals surface area (Å²) in [6.07, 6.45) is 2.90. The van der Waals surface area contributed by atoms with Gasteiger partial charge in [-0.2, -0.15) is 0 Å². The Kier molecular flexibility index (Phi) is 7.67. The number of ether oxygens (including phenoxy) is 1. The number of primary amides is 1. The molecule has 4 rings (SSSR count). The number of carbonyl (C=O) groups is 2. The molecule has 194 valence electrons. The smallest absolute Gasteiger partial charge is 0.404 e. The van der Waals surface area contributed by atoms with Crippen molar-refractivity contribution in [2.24, 2.45) is 11.7 Å². The van der Waals surface area contributed by atoms with Gasteiger partial charge in [-0.1, -0.05) is 6.42 Å². The molecule has 0 radical (unpaired) electrons. The lowest BCUT2D eigenvalue weighted by atomic mass is 9.77. The van der Waals surface area contributed by atoms with Gasteiger partial charge < -0.3 is 36.4 Å². The maximum atomic E-state index is 14.9. The van der Waals surface area contributed by atoms with Gasteiger partial charge in [-0.3, -0.25) is 4.79 Å². The van der Waals surface area contributed by atoms with Crippen molar-refractivity contribution < 1.29 is 28.2 Å². The summed E-state index contributed by atoms with van der Waals surface area (Å²) >= 11 is 0. The molecule has 0 aromatic carbocycles. The highest BCUT2D eigenvalue weighted by molar-refractivity contribution is 5.98. The largest absolute Gasteiger partial charge is 0.465 e. The summed E-state index contributed by atoms with van der Waals surface area (Å²) in [6, 6.07) is 1.18. The van der Waals surface area contributed by atoms with Gasteiger partial charge in [-0.05, 0) is 31.7 Å². The third-order valence-corrected chi connectivity index (χ3v) is 6.49. The monoisotopic (exact) mass is 505 g/mol. The molecule has 0 spiro atoms. The molecule has 1 aliphatic carbocycles. The molecule has 6 N–H and O–H groups in total. The first-order valence-electron chi connectivity index (χ1n) is 11.7. The van der Waals surface area contributed by atoms with E-state index in [9.17, 15) is 18.4 Å². The predicted molar refractivity (Wildman–Crippen MR) is 129 cm³/mol. The van der Waals surface area contributed by atoms with E-state index in [1.165, 1.54) is 12.3 Å². The number of carboxylic acid groups (broad SMARTS) is 1. The zero-order chi connectivity index (χ0) is 25.8. The van der Waals surface area contributed by atoms with Crippen LogP contribution in [0.3, 0.4) is 0 Å². The lowest BCUT2D eigenvalue weighted by Gasteiger charge is -2.38. The van der Waals surface area contributed by atoms with Crippen molar-refractivity contribution in [2.45, 2.75) is 38.3 Å². The molecule has 2 aromatic heterocycles. The third-order valence-electron chi connectivity index (χ3n) is 6.49. The quantitative estimate of drug-likeness (QED) is 0.346. The van der Waals surface area contributed by atoms with Gasteiger partial charge in [0.25, 0.3) is 5.91 Å². The summed E-state index contributed by atoms with van der Waals surface area (Å²) in [5.74, 6) is -2.31. The van der Waals surface area contributed by atoms with E-state index in [1.807, 2.05) is 0 Å². The molecule has 2 aliphatic rings. The van der Waals surface area contributed by atoms with Crippen LogP contribution in [0.5, 0.6) is 0 Å². The van der Waals surface area contributed by atoms with Gasteiger partial charge in [0, 0.05) is 25.2 Å². The number of anilines is 4. The highest BCUT2D eigenvalue weighted by Crippen LogP contribution is 2.34. The fraction of sp³-hybridized carbons (Fsp3) is 0.478. The van der Waals surface area contributed by atoms with Crippen LogP contribution in [0.4, 0.5) is 36.7 Å². The Morgan fingerprint density at radius 2 is 1.92 bits per heavy atom. The van der Waals surface area contributed by atoms with Crippen molar-refractivity contribution in [3.8, 4) is 0 Å². The fourth-order valence-corrected chi connectivity index (χ4v) is 4.41. The van der Waals surface area contributed by atoms with Gasteiger partial charge in [0.05, 0.1) is 36.7 Å². The van der Waals surface area contributed by atoms with Crippen molar-refractivity contribution in [3.05, 3.63) is 35.5 Å². The van der Waals surface area contributed by atoms with Gasteiger partial charge >= 0.3 is 6.09 Å². The van der Waals surface area contributed by atoms with Crippen LogP contribution in [0.1, 0.15) is 36.5 Å². The summed E-state index contributed by atoms with van der Waals surface area (Å²) in [6.45, 7) is 3.65. The van der Waals surface area contributed by atoms with E-state index in [0.717, 1.165) is 25.3 Å². The molecule has 36 heavy (non-hydrogen) atoms. The molecule has 2 fully saturated rings. The topological polar surface area (TPSA) is 155 Å². The first kappa shape index (κ1) is 25.4. The summed E-state index contributed by atoms with van der Waals surface area (Å²) in [5, 5.41) is 17.3. The number of hydrogen-bond acceptors (Lipinski definition) is 8. The zero-order valence-electron chi connectivity index (χ0n) is 19.8. The van der Waals surface area contributed by atoms with Crippen LogP contribution < -0.4 is 26.6 Å². The Bertz CT molecular complexity index is 1130. The van der Waals surface area contributed by atoms with Crippen LogP contribution >= 0.6 is 0 Å². The highest BCUT2D eigenvalue weighted by atomic mass is 19.1. The molecule has 2 aromatic rings. The summed E-state index contributed by atoms with van der Waals surface area (Å²) in [5.41, 5.74) is 5.39. The first-order chi connectivity index (χ1) is 17.2. The van der Waals surface area contributed by atoms with Gasteiger partial charge in [0.2, 0.25) is 0 Å². The second-order valence-electron chi connectivity index (χ2n) is 8.93. The van der Waals surface area contributed by atoms with E-state index in [4.69, 9.17) is 15.6 Å². The van der Waals surface area contributed by atoms with Crippen LogP contribution in [0.15, 0.2) is 18.3 Å². The molecule has 2 amide bonds. The second-order valence-corrected chi connectivity index (χ2v) is 8.93. The predicted octanol–water partition coefficient (Wildman–Crippen LogP) is 2.67. The Labute approximate surface area is 206 Å². The second kappa shape index (κ2) is 10.9. The highest BCUT2D eigenvalue weighted by Gasteiger charge is 2.33. The maximum absolute atomic E-state index is 14.9. The number of aromatic nitrogens is 2. The number of halogens is 2. The number of nitrogens with two attached hydrogens (primary N) is 1. The van der Waals surface area contributed by atoms with Crippen LogP contribution in [0.2, 0.25) is 0 Å². The van der Waals surface area contributed by atoms with E-state index in [2.05, 4.69) is 25.9 Å². The minimum absolute atomic E-state index is 0.0853. The Morgan fingerprint density at radius 3 is 2.50 bits per heavy atom.